The Bertz CT molecular complexity index is 965. The van der Waals surface area contributed by atoms with Crippen LogP contribution in [0.4, 0.5) is 10.5 Å². The van der Waals surface area contributed by atoms with Crippen LogP contribution in [0.3, 0.4) is 0 Å². The van der Waals surface area contributed by atoms with Crippen molar-refractivity contribution in [2.75, 3.05) is 18.4 Å². The largest absolute Gasteiger partial charge is 0.352 e. The summed E-state index contributed by atoms with van der Waals surface area (Å²) < 4.78 is 1.80. The van der Waals surface area contributed by atoms with Gasteiger partial charge in [0.15, 0.2) is 0 Å². The number of amides is 3. The van der Waals surface area contributed by atoms with Crippen molar-refractivity contribution in [1.29, 1.82) is 0 Å². The summed E-state index contributed by atoms with van der Waals surface area (Å²) in [6.45, 7) is 4.83. The Morgan fingerprint density at radius 1 is 1.07 bits per heavy atom. The molecule has 2 aromatic carbocycles. The first kappa shape index (κ1) is 20.1. The minimum Gasteiger partial charge on any atom is -0.352 e. The topological polar surface area (TPSA) is 88.0 Å². The van der Waals surface area contributed by atoms with Gasteiger partial charge in [0.1, 0.15) is 0 Å². The van der Waals surface area contributed by atoms with Gasteiger partial charge in [-0.2, -0.15) is 5.10 Å². The van der Waals surface area contributed by atoms with Crippen molar-refractivity contribution in [3.63, 3.8) is 0 Å². The Kier molecular flexibility index (Phi) is 6.63. The number of hydrogen-bond donors (Lipinski definition) is 3. The number of anilines is 1. The molecule has 3 aromatic rings. The number of rotatable bonds is 7. The van der Waals surface area contributed by atoms with E-state index in [-0.39, 0.29) is 11.9 Å². The van der Waals surface area contributed by atoms with Crippen LogP contribution in [0.25, 0.3) is 5.69 Å². The highest BCUT2D eigenvalue weighted by atomic mass is 16.2. The van der Waals surface area contributed by atoms with Crippen molar-refractivity contribution in [2.24, 2.45) is 0 Å². The fourth-order valence-electron chi connectivity index (χ4n) is 2.93. The zero-order valence-corrected chi connectivity index (χ0v) is 16.6. The van der Waals surface area contributed by atoms with Gasteiger partial charge in [-0.15, -0.1) is 0 Å². The zero-order valence-electron chi connectivity index (χ0n) is 16.6. The number of hydrogen-bond acceptors (Lipinski definition) is 3. The summed E-state index contributed by atoms with van der Waals surface area (Å²) >= 11 is 0. The number of aromatic nitrogens is 2. The molecule has 0 fully saturated rings. The molecule has 7 heteroatoms. The highest BCUT2D eigenvalue weighted by Crippen LogP contribution is 2.16. The van der Waals surface area contributed by atoms with E-state index < -0.39 is 0 Å². The van der Waals surface area contributed by atoms with E-state index >= 15 is 0 Å². The maximum absolute atomic E-state index is 12.2. The first-order valence-electron chi connectivity index (χ1n) is 9.59. The van der Waals surface area contributed by atoms with Crippen LogP contribution >= 0.6 is 0 Å². The fourth-order valence-corrected chi connectivity index (χ4v) is 2.93. The van der Waals surface area contributed by atoms with Crippen molar-refractivity contribution in [3.8, 4) is 5.69 Å². The number of urea groups is 1. The van der Waals surface area contributed by atoms with Gasteiger partial charge in [0.25, 0.3) is 5.91 Å². The molecule has 0 aliphatic rings. The SMILES string of the molecule is CCNC(=O)c1ccc(NC(=O)NCCc2ccc(-n3cccn3)cc2)c(C)c1. The number of nitrogens with zero attached hydrogens (tertiary/aromatic N) is 2. The first-order valence-corrected chi connectivity index (χ1v) is 9.59. The number of aryl methyl sites for hydroxylation is 1. The molecule has 1 aromatic heterocycles. The number of nitrogens with one attached hydrogen (secondary N) is 3. The third kappa shape index (κ3) is 5.44. The molecular weight excluding hydrogens is 366 g/mol. The Hall–Kier alpha value is -3.61. The zero-order chi connectivity index (χ0) is 20.6. The fraction of sp³-hybridized carbons (Fsp3) is 0.227. The Labute approximate surface area is 170 Å². The lowest BCUT2D eigenvalue weighted by molar-refractivity contribution is 0.0955. The van der Waals surface area contributed by atoms with E-state index in [4.69, 9.17) is 0 Å². The predicted octanol–water partition coefficient (Wildman–Crippen LogP) is 3.29. The molecule has 7 nitrogen and oxygen atoms in total. The molecule has 0 aliphatic carbocycles. The molecule has 0 radical (unpaired) electrons. The van der Waals surface area contributed by atoms with Gasteiger partial charge in [0.2, 0.25) is 0 Å². The van der Waals surface area contributed by atoms with Gasteiger partial charge in [-0.3, -0.25) is 4.79 Å². The van der Waals surface area contributed by atoms with E-state index in [9.17, 15) is 9.59 Å². The van der Waals surface area contributed by atoms with Gasteiger partial charge in [0.05, 0.1) is 5.69 Å². The van der Waals surface area contributed by atoms with Gasteiger partial charge >= 0.3 is 6.03 Å². The molecule has 3 amide bonds. The molecule has 29 heavy (non-hydrogen) atoms. The van der Waals surface area contributed by atoms with Crippen LogP contribution in [0.2, 0.25) is 0 Å². The monoisotopic (exact) mass is 391 g/mol. The average molecular weight is 391 g/mol. The van der Waals surface area contributed by atoms with Gasteiger partial charge in [-0.1, -0.05) is 12.1 Å². The standard InChI is InChI=1S/C22H25N5O2/c1-3-23-21(28)18-7-10-20(16(2)15-18)26-22(29)24-13-11-17-5-8-19(9-6-17)27-14-4-12-25-27/h4-10,12,14-15H,3,11,13H2,1-2H3,(H,23,28)(H2,24,26,29). The Morgan fingerprint density at radius 3 is 2.52 bits per heavy atom. The Balaban J connectivity index is 1.48. The predicted molar refractivity (Wildman–Crippen MR) is 113 cm³/mol. The second kappa shape index (κ2) is 9.54. The highest BCUT2D eigenvalue weighted by Gasteiger charge is 2.09. The minimum absolute atomic E-state index is 0.120. The number of carbonyl (C=O) groups is 2. The molecule has 3 rings (SSSR count). The summed E-state index contributed by atoms with van der Waals surface area (Å²) in [7, 11) is 0. The van der Waals surface area contributed by atoms with Crippen molar-refractivity contribution < 1.29 is 9.59 Å². The normalized spacial score (nSPS) is 10.4. The molecule has 0 unspecified atom stereocenters. The molecule has 0 saturated carbocycles. The quantitative estimate of drug-likeness (QED) is 0.577. The van der Waals surface area contributed by atoms with E-state index in [0.29, 0.717) is 24.3 Å². The maximum atomic E-state index is 12.2. The van der Waals surface area contributed by atoms with Crippen LogP contribution in [0.5, 0.6) is 0 Å². The maximum Gasteiger partial charge on any atom is 0.319 e. The van der Waals surface area contributed by atoms with Crippen LogP contribution in [-0.4, -0.2) is 34.8 Å². The van der Waals surface area contributed by atoms with Crippen molar-refractivity contribution in [3.05, 3.63) is 77.6 Å². The van der Waals surface area contributed by atoms with Crippen LogP contribution < -0.4 is 16.0 Å². The number of benzene rings is 2. The summed E-state index contributed by atoms with van der Waals surface area (Å²) in [5.41, 5.74) is 4.21. The second-order valence-electron chi connectivity index (χ2n) is 6.64. The third-order valence-electron chi connectivity index (χ3n) is 4.48. The molecule has 1 heterocycles. The van der Waals surface area contributed by atoms with Crippen molar-refractivity contribution in [1.82, 2.24) is 20.4 Å². The van der Waals surface area contributed by atoms with Crippen LogP contribution in [0.15, 0.2) is 60.9 Å². The van der Waals surface area contributed by atoms with Crippen LogP contribution in [-0.2, 0) is 6.42 Å². The lowest BCUT2D eigenvalue weighted by Crippen LogP contribution is -2.30. The minimum atomic E-state index is -0.271. The molecule has 150 valence electrons. The molecule has 3 N–H and O–H groups in total. The highest BCUT2D eigenvalue weighted by molar-refractivity contribution is 5.96. The second-order valence-corrected chi connectivity index (χ2v) is 6.64. The van der Waals surface area contributed by atoms with Crippen molar-refractivity contribution >= 4 is 17.6 Å². The summed E-state index contributed by atoms with van der Waals surface area (Å²) in [4.78, 5) is 24.1. The molecule has 0 aliphatic heterocycles. The molecule has 0 saturated heterocycles. The summed E-state index contributed by atoms with van der Waals surface area (Å²) in [6, 6.07) is 14.9. The number of carbonyl (C=O) groups excluding carboxylic acids is 2. The lowest BCUT2D eigenvalue weighted by Gasteiger charge is -2.11. The smallest absolute Gasteiger partial charge is 0.319 e. The summed E-state index contributed by atoms with van der Waals surface area (Å²) in [5.74, 6) is -0.120. The molecule has 0 spiro atoms. The molecule has 0 bridgehead atoms. The van der Waals surface area contributed by atoms with Gasteiger partial charge < -0.3 is 16.0 Å². The summed E-state index contributed by atoms with van der Waals surface area (Å²) in [6.07, 6.45) is 4.36. The Morgan fingerprint density at radius 2 is 1.86 bits per heavy atom. The van der Waals surface area contributed by atoms with Crippen LogP contribution in [0, 0.1) is 6.92 Å². The first-order chi connectivity index (χ1) is 14.1. The van der Waals surface area contributed by atoms with E-state index in [1.165, 1.54) is 0 Å². The van der Waals surface area contributed by atoms with Crippen LogP contribution in [0.1, 0.15) is 28.4 Å². The lowest BCUT2D eigenvalue weighted by atomic mass is 10.1. The van der Waals surface area contributed by atoms with Crippen molar-refractivity contribution in [2.45, 2.75) is 20.3 Å². The van der Waals surface area contributed by atoms with E-state index in [0.717, 1.165) is 23.2 Å². The van der Waals surface area contributed by atoms with E-state index in [1.54, 1.807) is 29.1 Å². The van der Waals surface area contributed by atoms with Gasteiger partial charge in [-0.25, -0.2) is 9.48 Å². The van der Waals surface area contributed by atoms with Gasteiger partial charge in [-0.05, 0) is 67.8 Å². The van der Waals surface area contributed by atoms with Gasteiger partial charge in [0, 0.05) is 36.7 Å². The third-order valence-corrected chi connectivity index (χ3v) is 4.48. The van der Waals surface area contributed by atoms with E-state index in [1.807, 2.05) is 50.4 Å². The van der Waals surface area contributed by atoms with E-state index in [2.05, 4.69) is 21.0 Å². The molecule has 0 atom stereocenters. The average Bonchev–Trinajstić information content (AvgIpc) is 3.25. The summed E-state index contributed by atoms with van der Waals surface area (Å²) in [5, 5.41) is 12.7. The molecular formula is C22H25N5O2.